The summed E-state index contributed by atoms with van der Waals surface area (Å²) in [6.45, 7) is 2.33. The molecular weight excluding hydrogens is 392 g/mol. The number of hydrogen-bond acceptors (Lipinski definition) is 4. The van der Waals surface area contributed by atoms with Crippen LogP contribution in [0, 0.1) is 6.92 Å². The van der Waals surface area contributed by atoms with Crippen molar-refractivity contribution in [1.29, 1.82) is 0 Å². The lowest BCUT2D eigenvalue weighted by atomic mass is 10.1. The number of alkyl halides is 2. The Morgan fingerprint density at radius 2 is 1.97 bits per heavy atom. The van der Waals surface area contributed by atoms with E-state index in [4.69, 9.17) is 0 Å². The molecule has 0 radical (unpaired) electrons. The average molecular weight is 417 g/mol. The number of benzene rings is 1. The van der Waals surface area contributed by atoms with E-state index in [-0.39, 0.29) is 12.3 Å². The Kier molecular flexibility index (Phi) is 7.18. The third-order valence-corrected chi connectivity index (χ3v) is 4.44. The predicted octanol–water partition coefficient (Wildman–Crippen LogP) is 3.03. The number of aliphatic hydroxyl groups is 1. The Morgan fingerprint density at radius 1 is 1.20 bits per heavy atom. The van der Waals surface area contributed by atoms with Crippen LogP contribution < -0.4 is 15.4 Å². The van der Waals surface area contributed by atoms with E-state index in [1.165, 1.54) is 12.1 Å². The molecule has 7 nitrogen and oxygen atoms in total. The first-order valence-corrected chi connectivity index (χ1v) is 9.65. The molecule has 9 heteroatoms. The van der Waals surface area contributed by atoms with Crippen molar-refractivity contribution in [3.05, 3.63) is 65.6 Å². The Bertz CT molecular complexity index is 989. The van der Waals surface area contributed by atoms with Gasteiger partial charge in [0.15, 0.2) is 5.96 Å². The summed E-state index contributed by atoms with van der Waals surface area (Å²) in [7, 11) is 0. The molecule has 0 saturated heterocycles. The Balaban J connectivity index is 1.60. The van der Waals surface area contributed by atoms with E-state index < -0.39 is 12.7 Å². The molecule has 3 N–H and O–H groups in total. The molecule has 3 rings (SSSR count). The first-order chi connectivity index (χ1) is 14.5. The van der Waals surface area contributed by atoms with Gasteiger partial charge in [0.2, 0.25) is 0 Å². The monoisotopic (exact) mass is 417 g/mol. The number of aliphatic imine (C=N–C) groups is 1. The second-order valence-corrected chi connectivity index (χ2v) is 6.67. The summed E-state index contributed by atoms with van der Waals surface area (Å²) in [6.07, 6.45) is 1.11. The van der Waals surface area contributed by atoms with Gasteiger partial charge in [-0.05, 0) is 43.7 Å². The van der Waals surface area contributed by atoms with E-state index in [2.05, 4.69) is 25.3 Å². The number of aryl methyl sites for hydroxylation is 1. The smallest absolute Gasteiger partial charge is 0.387 e. The minimum absolute atomic E-state index is 0.0477. The van der Waals surface area contributed by atoms with E-state index in [0.29, 0.717) is 24.6 Å². The normalized spacial score (nSPS) is 12.9. The quantitative estimate of drug-likeness (QED) is 0.388. The minimum atomic E-state index is -2.88. The van der Waals surface area contributed by atoms with Crippen LogP contribution in [0.1, 0.15) is 30.0 Å². The van der Waals surface area contributed by atoms with Gasteiger partial charge < -0.3 is 24.9 Å². The SMILES string of the molecule is CCNC(=NCc1cn2c(C)cccc2n1)NCC(O)c1ccc(OC(F)F)cc1. The number of ether oxygens (including phenoxy) is 1. The minimum Gasteiger partial charge on any atom is -0.435 e. The molecule has 30 heavy (non-hydrogen) atoms. The van der Waals surface area contributed by atoms with Gasteiger partial charge in [0.1, 0.15) is 11.4 Å². The lowest BCUT2D eigenvalue weighted by Crippen LogP contribution is -2.39. The van der Waals surface area contributed by atoms with Crippen molar-refractivity contribution in [3.8, 4) is 5.75 Å². The Morgan fingerprint density at radius 3 is 2.63 bits per heavy atom. The van der Waals surface area contributed by atoms with Gasteiger partial charge in [0, 0.05) is 25.0 Å². The molecular formula is C21H25F2N5O2. The highest BCUT2D eigenvalue weighted by Crippen LogP contribution is 2.19. The highest BCUT2D eigenvalue weighted by molar-refractivity contribution is 5.79. The van der Waals surface area contributed by atoms with Crippen LogP contribution in [0.5, 0.6) is 5.75 Å². The van der Waals surface area contributed by atoms with Crippen molar-refractivity contribution in [2.45, 2.75) is 33.1 Å². The number of aliphatic hydroxyl groups excluding tert-OH is 1. The van der Waals surface area contributed by atoms with Crippen LogP contribution in [0.2, 0.25) is 0 Å². The third kappa shape index (κ3) is 5.66. The highest BCUT2D eigenvalue weighted by Gasteiger charge is 2.11. The number of imidazole rings is 1. The van der Waals surface area contributed by atoms with Gasteiger partial charge in [-0.1, -0.05) is 18.2 Å². The number of rotatable bonds is 8. The van der Waals surface area contributed by atoms with Crippen molar-refractivity contribution in [2.75, 3.05) is 13.1 Å². The molecule has 160 valence electrons. The van der Waals surface area contributed by atoms with Crippen LogP contribution in [0.15, 0.2) is 53.7 Å². The maximum atomic E-state index is 12.2. The molecule has 0 aliphatic rings. The molecule has 0 spiro atoms. The largest absolute Gasteiger partial charge is 0.435 e. The second-order valence-electron chi connectivity index (χ2n) is 6.67. The average Bonchev–Trinajstić information content (AvgIpc) is 3.14. The van der Waals surface area contributed by atoms with E-state index >= 15 is 0 Å². The molecule has 0 fully saturated rings. The highest BCUT2D eigenvalue weighted by atomic mass is 19.3. The van der Waals surface area contributed by atoms with E-state index in [1.807, 2.05) is 42.6 Å². The zero-order valence-corrected chi connectivity index (χ0v) is 16.8. The lowest BCUT2D eigenvalue weighted by Gasteiger charge is -2.16. The van der Waals surface area contributed by atoms with Gasteiger partial charge in [-0.3, -0.25) is 0 Å². The predicted molar refractivity (Wildman–Crippen MR) is 111 cm³/mol. The maximum absolute atomic E-state index is 12.2. The number of hydrogen-bond donors (Lipinski definition) is 3. The van der Waals surface area contributed by atoms with Crippen molar-refractivity contribution < 1.29 is 18.6 Å². The first kappa shape index (κ1) is 21.5. The Hall–Kier alpha value is -3.20. The van der Waals surface area contributed by atoms with Crippen LogP contribution in [0.25, 0.3) is 5.65 Å². The van der Waals surface area contributed by atoms with Crippen LogP contribution in [-0.4, -0.2) is 40.2 Å². The van der Waals surface area contributed by atoms with Gasteiger partial charge in [-0.15, -0.1) is 0 Å². The summed E-state index contributed by atoms with van der Waals surface area (Å²) in [5.74, 6) is 0.592. The van der Waals surface area contributed by atoms with Crippen molar-refractivity contribution >= 4 is 11.6 Å². The second kappa shape index (κ2) is 10.0. The lowest BCUT2D eigenvalue weighted by molar-refractivity contribution is -0.0498. The summed E-state index contributed by atoms with van der Waals surface area (Å²) in [4.78, 5) is 9.09. The fourth-order valence-electron chi connectivity index (χ4n) is 2.96. The fraction of sp³-hybridized carbons (Fsp3) is 0.333. The summed E-state index contributed by atoms with van der Waals surface area (Å²) >= 11 is 0. The van der Waals surface area contributed by atoms with Crippen molar-refractivity contribution in [1.82, 2.24) is 20.0 Å². The molecule has 0 amide bonds. The molecule has 0 aliphatic carbocycles. The number of nitrogens with one attached hydrogen (secondary N) is 2. The number of halogens is 2. The summed E-state index contributed by atoms with van der Waals surface area (Å²) in [5.41, 5.74) is 3.37. The van der Waals surface area contributed by atoms with Crippen molar-refractivity contribution in [2.24, 2.45) is 4.99 Å². The molecule has 3 aromatic rings. The molecule has 1 atom stereocenters. The summed E-state index contributed by atoms with van der Waals surface area (Å²) in [5, 5.41) is 16.6. The number of fused-ring (bicyclic) bond motifs is 1. The van der Waals surface area contributed by atoms with Gasteiger partial charge in [0.05, 0.1) is 18.3 Å². The zero-order chi connectivity index (χ0) is 21.5. The molecule has 1 unspecified atom stereocenters. The summed E-state index contributed by atoms with van der Waals surface area (Å²) in [6, 6.07) is 11.8. The topological polar surface area (TPSA) is 83.2 Å². The Labute approximate surface area is 173 Å². The molecule has 1 aromatic carbocycles. The van der Waals surface area contributed by atoms with Gasteiger partial charge in [-0.25, -0.2) is 9.98 Å². The van der Waals surface area contributed by atoms with Crippen LogP contribution in [-0.2, 0) is 6.54 Å². The number of guanidine groups is 1. The molecule has 0 saturated carbocycles. The molecule has 2 heterocycles. The van der Waals surface area contributed by atoms with Gasteiger partial charge in [0.25, 0.3) is 0 Å². The van der Waals surface area contributed by atoms with E-state index in [1.54, 1.807) is 12.1 Å². The fourth-order valence-corrected chi connectivity index (χ4v) is 2.96. The summed E-state index contributed by atoms with van der Waals surface area (Å²) < 4.78 is 30.8. The molecule has 2 aromatic heterocycles. The number of aromatic nitrogens is 2. The maximum Gasteiger partial charge on any atom is 0.387 e. The van der Waals surface area contributed by atoms with Crippen LogP contribution in [0.3, 0.4) is 0 Å². The van der Waals surface area contributed by atoms with E-state index in [0.717, 1.165) is 17.0 Å². The first-order valence-electron chi connectivity index (χ1n) is 9.65. The van der Waals surface area contributed by atoms with Crippen LogP contribution in [0.4, 0.5) is 8.78 Å². The van der Waals surface area contributed by atoms with Crippen LogP contribution >= 0.6 is 0 Å². The number of pyridine rings is 1. The molecule has 0 aliphatic heterocycles. The zero-order valence-electron chi connectivity index (χ0n) is 16.8. The standard InChI is InChI=1S/C21H25F2N5O2/c1-3-24-21(25-11-16-13-28-14(2)5-4-6-19(28)27-16)26-12-18(29)15-7-9-17(10-8-15)30-20(22)23/h4-10,13,18,20,29H,3,11-12H2,1-2H3,(H2,24,25,26). The third-order valence-electron chi connectivity index (χ3n) is 4.44. The van der Waals surface area contributed by atoms with Crippen molar-refractivity contribution in [3.63, 3.8) is 0 Å². The number of nitrogens with zero attached hydrogens (tertiary/aromatic N) is 3. The van der Waals surface area contributed by atoms with Gasteiger partial charge in [-0.2, -0.15) is 8.78 Å². The van der Waals surface area contributed by atoms with E-state index in [9.17, 15) is 13.9 Å². The van der Waals surface area contributed by atoms with Gasteiger partial charge >= 0.3 is 6.61 Å². The molecule has 0 bridgehead atoms.